The Labute approximate surface area is 147 Å². The van der Waals surface area contributed by atoms with Crippen LogP contribution < -0.4 is 5.32 Å². The maximum absolute atomic E-state index is 12.5. The summed E-state index contributed by atoms with van der Waals surface area (Å²) < 4.78 is 7.02. The van der Waals surface area contributed by atoms with Crippen LogP contribution >= 0.6 is 0 Å². The lowest BCUT2D eigenvalue weighted by Crippen LogP contribution is -2.45. The van der Waals surface area contributed by atoms with Gasteiger partial charge in [0.1, 0.15) is 5.82 Å². The lowest BCUT2D eigenvalue weighted by Gasteiger charge is -2.31. The molecule has 134 valence electrons. The predicted molar refractivity (Wildman–Crippen MR) is 93.9 cm³/mol. The number of piperidine rings is 1. The number of para-hydroxylation sites is 2. The highest BCUT2D eigenvalue weighted by molar-refractivity contribution is 5.80. The van der Waals surface area contributed by atoms with E-state index in [-0.39, 0.29) is 17.9 Å². The molecule has 2 aromatic rings. The fraction of sp³-hybridized carbons (Fsp3) is 0.500. The Kier molecular flexibility index (Phi) is 5.21. The van der Waals surface area contributed by atoms with E-state index in [9.17, 15) is 9.59 Å². The normalized spacial score (nSPS) is 17.5. The van der Waals surface area contributed by atoms with Crippen molar-refractivity contribution in [3.05, 3.63) is 30.1 Å². The van der Waals surface area contributed by atoms with Gasteiger partial charge in [-0.2, -0.15) is 0 Å². The summed E-state index contributed by atoms with van der Waals surface area (Å²) in [6.07, 6.45) is 1.25. The topological polar surface area (TPSA) is 76.5 Å². The van der Waals surface area contributed by atoms with Crippen LogP contribution in [0.5, 0.6) is 0 Å². The number of nitrogens with one attached hydrogen (secondary N) is 1. The Morgan fingerprint density at radius 1 is 1.36 bits per heavy atom. The van der Waals surface area contributed by atoms with E-state index in [1.807, 2.05) is 35.9 Å². The smallest absolute Gasteiger partial charge is 0.409 e. The molecule has 1 saturated heterocycles. The second-order valence-corrected chi connectivity index (χ2v) is 6.28. The van der Waals surface area contributed by atoms with Gasteiger partial charge in [0.05, 0.1) is 30.1 Å². The zero-order valence-electron chi connectivity index (χ0n) is 14.7. The number of rotatable bonds is 4. The number of imidazole rings is 1. The van der Waals surface area contributed by atoms with Crippen molar-refractivity contribution in [2.75, 3.05) is 19.7 Å². The van der Waals surface area contributed by atoms with E-state index in [1.165, 1.54) is 0 Å². The van der Waals surface area contributed by atoms with Gasteiger partial charge in [-0.3, -0.25) is 4.79 Å². The summed E-state index contributed by atoms with van der Waals surface area (Å²) in [5, 5.41) is 2.96. The highest BCUT2D eigenvalue weighted by Gasteiger charge is 2.29. The first-order valence-electron chi connectivity index (χ1n) is 8.70. The number of carbonyl (C=O) groups excluding carboxylic acids is 2. The molecule has 1 aromatic carbocycles. The van der Waals surface area contributed by atoms with Crippen LogP contribution in [-0.2, 0) is 23.1 Å². The monoisotopic (exact) mass is 344 g/mol. The molecule has 1 aliphatic heterocycles. The summed E-state index contributed by atoms with van der Waals surface area (Å²) in [6, 6.07) is 7.88. The van der Waals surface area contributed by atoms with E-state index in [1.54, 1.807) is 11.8 Å². The van der Waals surface area contributed by atoms with Gasteiger partial charge in [-0.25, -0.2) is 9.78 Å². The molecule has 1 aromatic heterocycles. The number of carbonyl (C=O) groups is 2. The number of nitrogens with zero attached hydrogens (tertiary/aromatic N) is 3. The van der Waals surface area contributed by atoms with Crippen LogP contribution in [0.15, 0.2) is 24.3 Å². The van der Waals surface area contributed by atoms with Gasteiger partial charge in [0.15, 0.2) is 0 Å². The molecule has 0 saturated carbocycles. The molecule has 1 N–H and O–H groups in total. The molecule has 2 heterocycles. The van der Waals surface area contributed by atoms with Crippen molar-refractivity contribution in [3.8, 4) is 0 Å². The van der Waals surface area contributed by atoms with Gasteiger partial charge < -0.3 is 19.5 Å². The SMILES string of the molecule is CCOC(=O)N1CCCC(C(=O)NCc2nc3ccccc3n2C)C1. The Morgan fingerprint density at radius 2 is 2.16 bits per heavy atom. The number of aryl methyl sites for hydroxylation is 1. The Bertz CT molecular complexity index is 771. The highest BCUT2D eigenvalue weighted by atomic mass is 16.6. The van der Waals surface area contributed by atoms with Gasteiger partial charge in [-0.1, -0.05) is 12.1 Å². The molecular formula is C18H24N4O3. The van der Waals surface area contributed by atoms with Crippen molar-refractivity contribution < 1.29 is 14.3 Å². The van der Waals surface area contributed by atoms with Crippen molar-refractivity contribution in [1.29, 1.82) is 0 Å². The minimum Gasteiger partial charge on any atom is -0.450 e. The standard InChI is InChI=1S/C18H24N4O3/c1-3-25-18(24)22-10-6-7-13(12-22)17(23)19-11-16-20-14-8-4-5-9-15(14)21(16)2/h4-5,8-9,13H,3,6-7,10-12H2,1-2H3,(H,19,23). The van der Waals surface area contributed by atoms with Crippen LogP contribution in [0.4, 0.5) is 4.79 Å². The minimum atomic E-state index is -0.338. The van der Waals surface area contributed by atoms with Crippen molar-refractivity contribution in [1.82, 2.24) is 19.8 Å². The number of ether oxygens (including phenoxy) is 1. The summed E-state index contributed by atoms with van der Waals surface area (Å²) in [7, 11) is 1.94. The molecule has 0 spiro atoms. The van der Waals surface area contributed by atoms with Gasteiger partial charge in [0.25, 0.3) is 0 Å². The zero-order chi connectivity index (χ0) is 17.8. The Balaban J connectivity index is 1.60. The van der Waals surface area contributed by atoms with Crippen LogP contribution in [0.2, 0.25) is 0 Å². The van der Waals surface area contributed by atoms with Gasteiger partial charge in [-0.15, -0.1) is 0 Å². The Morgan fingerprint density at radius 3 is 2.92 bits per heavy atom. The molecule has 0 radical (unpaired) electrons. The molecule has 7 heteroatoms. The number of benzene rings is 1. The summed E-state index contributed by atoms with van der Waals surface area (Å²) in [5.74, 6) is 0.571. The number of hydrogen-bond acceptors (Lipinski definition) is 4. The predicted octanol–water partition coefficient (Wildman–Crippen LogP) is 2.06. The first kappa shape index (κ1) is 17.3. The first-order valence-corrected chi connectivity index (χ1v) is 8.70. The van der Waals surface area contributed by atoms with E-state index in [0.29, 0.717) is 26.2 Å². The average molecular weight is 344 g/mol. The fourth-order valence-corrected chi connectivity index (χ4v) is 3.24. The first-order chi connectivity index (χ1) is 12.1. The van der Waals surface area contributed by atoms with E-state index in [0.717, 1.165) is 29.7 Å². The number of likely N-dealkylation sites (tertiary alicyclic amines) is 1. The van der Waals surface area contributed by atoms with E-state index < -0.39 is 0 Å². The average Bonchev–Trinajstić information content (AvgIpc) is 2.96. The van der Waals surface area contributed by atoms with Crippen LogP contribution in [0.25, 0.3) is 11.0 Å². The van der Waals surface area contributed by atoms with Crippen LogP contribution in [-0.4, -0.2) is 46.1 Å². The summed E-state index contributed by atoms with van der Waals surface area (Å²) in [4.78, 5) is 30.5. The van der Waals surface area contributed by atoms with Crippen molar-refractivity contribution in [2.24, 2.45) is 13.0 Å². The molecule has 7 nitrogen and oxygen atoms in total. The van der Waals surface area contributed by atoms with Crippen molar-refractivity contribution in [2.45, 2.75) is 26.3 Å². The van der Waals surface area contributed by atoms with E-state index >= 15 is 0 Å². The van der Waals surface area contributed by atoms with Gasteiger partial charge in [0, 0.05) is 20.1 Å². The van der Waals surface area contributed by atoms with Crippen LogP contribution in [0.1, 0.15) is 25.6 Å². The maximum Gasteiger partial charge on any atom is 0.409 e. The molecule has 2 amide bonds. The number of aromatic nitrogens is 2. The third kappa shape index (κ3) is 3.75. The second-order valence-electron chi connectivity index (χ2n) is 6.28. The molecule has 1 aliphatic rings. The van der Waals surface area contributed by atoms with Crippen LogP contribution in [0.3, 0.4) is 0 Å². The van der Waals surface area contributed by atoms with Crippen LogP contribution in [0, 0.1) is 5.92 Å². The Hall–Kier alpha value is -2.57. The molecule has 25 heavy (non-hydrogen) atoms. The van der Waals surface area contributed by atoms with Gasteiger partial charge >= 0.3 is 6.09 Å². The number of amides is 2. The lowest BCUT2D eigenvalue weighted by molar-refractivity contribution is -0.126. The van der Waals surface area contributed by atoms with Gasteiger partial charge in [-0.05, 0) is 31.9 Å². The quantitative estimate of drug-likeness (QED) is 0.921. The van der Waals surface area contributed by atoms with Gasteiger partial charge in [0.2, 0.25) is 5.91 Å². The largest absolute Gasteiger partial charge is 0.450 e. The third-order valence-corrected chi connectivity index (χ3v) is 4.62. The zero-order valence-corrected chi connectivity index (χ0v) is 14.7. The highest BCUT2D eigenvalue weighted by Crippen LogP contribution is 2.18. The summed E-state index contributed by atoms with van der Waals surface area (Å²) in [5.41, 5.74) is 1.96. The van der Waals surface area contributed by atoms with Crippen molar-refractivity contribution in [3.63, 3.8) is 0 Å². The summed E-state index contributed by atoms with van der Waals surface area (Å²) >= 11 is 0. The molecule has 1 fully saturated rings. The molecule has 1 atom stereocenters. The fourth-order valence-electron chi connectivity index (χ4n) is 3.24. The molecule has 0 bridgehead atoms. The molecule has 1 unspecified atom stereocenters. The van der Waals surface area contributed by atoms with E-state index in [4.69, 9.17) is 4.74 Å². The second kappa shape index (κ2) is 7.55. The van der Waals surface area contributed by atoms with Crippen molar-refractivity contribution >= 4 is 23.0 Å². The number of fused-ring (bicyclic) bond motifs is 1. The van der Waals surface area contributed by atoms with E-state index in [2.05, 4.69) is 10.3 Å². The molecule has 0 aliphatic carbocycles. The minimum absolute atomic E-state index is 0.0407. The lowest BCUT2D eigenvalue weighted by atomic mass is 9.97. The summed E-state index contributed by atoms with van der Waals surface area (Å²) in [6.45, 7) is 3.56. The molecular weight excluding hydrogens is 320 g/mol. The third-order valence-electron chi connectivity index (χ3n) is 4.62. The molecule has 3 rings (SSSR count). The number of hydrogen-bond donors (Lipinski definition) is 1. The maximum atomic E-state index is 12.5.